The lowest BCUT2D eigenvalue weighted by Crippen LogP contribution is -2.36. The van der Waals surface area contributed by atoms with E-state index in [0.717, 1.165) is 50.4 Å². The fourth-order valence-corrected chi connectivity index (χ4v) is 4.66. The first kappa shape index (κ1) is 19.8. The zero-order valence-corrected chi connectivity index (χ0v) is 17.5. The number of morpholine rings is 1. The van der Waals surface area contributed by atoms with Crippen LogP contribution >= 0.6 is 0 Å². The fourth-order valence-electron chi connectivity index (χ4n) is 4.66. The van der Waals surface area contributed by atoms with Crippen LogP contribution < -0.4 is 10.2 Å². The molecule has 1 fully saturated rings. The second-order valence-electron chi connectivity index (χ2n) is 8.69. The highest BCUT2D eigenvalue weighted by molar-refractivity contribution is 5.89. The molecule has 2 N–H and O–H groups in total. The number of nitrogens with one attached hydrogen (secondary N) is 1. The third-order valence-corrected chi connectivity index (χ3v) is 6.30. The number of carboxylic acid groups (broad SMARTS) is 1. The van der Waals surface area contributed by atoms with Gasteiger partial charge in [0.05, 0.1) is 24.8 Å². The highest BCUT2D eigenvalue weighted by Gasteiger charge is 2.35. The van der Waals surface area contributed by atoms with Crippen LogP contribution in [0.4, 0.5) is 11.4 Å². The Morgan fingerprint density at radius 2 is 1.97 bits per heavy atom. The van der Waals surface area contributed by atoms with Crippen LogP contribution in [0.2, 0.25) is 0 Å². The number of nitrogens with zero attached hydrogens (tertiary/aromatic N) is 1. The summed E-state index contributed by atoms with van der Waals surface area (Å²) in [6.45, 7) is 10.0. The van der Waals surface area contributed by atoms with Gasteiger partial charge < -0.3 is 20.1 Å². The van der Waals surface area contributed by atoms with Crippen LogP contribution in [0.25, 0.3) is 0 Å². The van der Waals surface area contributed by atoms with Crippen molar-refractivity contribution in [3.8, 4) is 0 Å². The van der Waals surface area contributed by atoms with Gasteiger partial charge in [0.25, 0.3) is 0 Å². The number of hydrogen-bond donors (Lipinski definition) is 2. The Morgan fingerprint density at radius 1 is 1.21 bits per heavy atom. The van der Waals surface area contributed by atoms with Crippen molar-refractivity contribution in [1.29, 1.82) is 0 Å². The molecule has 2 aromatic carbocycles. The summed E-state index contributed by atoms with van der Waals surface area (Å²) >= 11 is 0. The second kappa shape index (κ2) is 7.71. The smallest absolute Gasteiger partial charge is 0.335 e. The minimum absolute atomic E-state index is 0.114. The average Bonchev–Trinajstić information content (AvgIpc) is 2.73. The quantitative estimate of drug-likeness (QED) is 0.792. The lowest BCUT2D eigenvalue weighted by Gasteiger charge is -2.40. The number of carboxylic acids is 1. The SMILES string of the molecule is CCc1ccc(N2CCOCC2)cc1C1CC(C)(C)c2cc(C(=O)O)ccc2N1. The molecule has 1 saturated heterocycles. The Labute approximate surface area is 172 Å². The van der Waals surface area contributed by atoms with E-state index in [2.05, 4.69) is 49.2 Å². The predicted molar refractivity (Wildman–Crippen MR) is 116 cm³/mol. The van der Waals surface area contributed by atoms with E-state index in [0.29, 0.717) is 5.56 Å². The van der Waals surface area contributed by atoms with Gasteiger partial charge in [0, 0.05) is 24.5 Å². The first-order chi connectivity index (χ1) is 13.9. The molecule has 2 aliphatic rings. The molecule has 2 aromatic rings. The van der Waals surface area contributed by atoms with Crippen molar-refractivity contribution >= 4 is 17.3 Å². The number of benzene rings is 2. The van der Waals surface area contributed by atoms with Crippen LogP contribution in [0.1, 0.15) is 60.3 Å². The number of rotatable bonds is 4. The molecule has 0 aliphatic carbocycles. The van der Waals surface area contributed by atoms with Crippen LogP contribution in [0.3, 0.4) is 0 Å². The van der Waals surface area contributed by atoms with E-state index in [1.165, 1.54) is 16.8 Å². The molecule has 4 rings (SSSR count). The summed E-state index contributed by atoms with van der Waals surface area (Å²) in [5.41, 5.74) is 6.31. The number of aryl methyl sites for hydroxylation is 1. The molecule has 2 aliphatic heterocycles. The second-order valence-corrected chi connectivity index (χ2v) is 8.69. The summed E-state index contributed by atoms with van der Waals surface area (Å²) in [6, 6.07) is 12.5. The molecule has 29 heavy (non-hydrogen) atoms. The summed E-state index contributed by atoms with van der Waals surface area (Å²) in [5, 5.41) is 13.1. The van der Waals surface area contributed by atoms with E-state index in [4.69, 9.17) is 4.74 Å². The van der Waals surface area contributed by atoms with Crippen molar-refractivity contribution in [2.45, 2.75) is 45.1 Å². The Hall–Kier alpha value is -2.53. The molecule has 0 radical (unpaired) electrons. The van der Waals surface area contributed by atoms with Crippen molar-refractivity contribution in [1.82, 2.24) is 0 Å². The van der Waals surface area contributed by atoms with Crippen LogP contribution in [-0.4, -0.2) is 37.4 Å². The summed E-state index contributed by atoms with van der Waals surface area (Å²) in [4.78, 5) is 13.8. The number of hydrogen-bond acceptors (Lipinski definition) is 4. The maximum absolute atomic E-state index is 11.4. The van der Waals surface area contributed by atoms with Gasteiger partial charge in [-0.3, -0.25) is 0 Å². The number of fused-ring (bicyclic) bond motifs is 1. The van der Waals surface area contributed by atoms with Crippen LogP contribution in [0, 0.1) is 0 Å². The van der Waals surface area contributed by atoms with E-state index in [1.54, 1.807) is 6.07 Å². The lowest BCUT2D eigenvalue weighted by molar-refractivity contribution is 0.0696. The van der Waals surface area contributed by atoms with Crippen molar-refractivity contribution in [3.05, 3.63) is 58.7 Å². The van der Waals surface area contributed by atoms with E-state index in [9.17, 15) is 9.90 Å². The molecule has 0 bridgehead atoms. The summed E-state index contributed by atoms with van der Waals surface area (Å²) in [5.74, 6) is -0.878. The minimum atomic E-state index is -0.878. The molecule has 5 nitrogen and oxygen atoms in total. The van der Waals surface area contributed by atoms with Gasteiger partial charge in [-0.15, -0.1) is 0 Å². The molecule has 154 valence electrons. The molecular weight excluding hydrogens is 364 g/mol. The van der Waals surface area contributed by atoms with E-state index in [1.807, 2.05) is 12.1 Å². The van der Waals surface area contributed by atoms with Crippen LogP contribution in [0.5, 0.6) is 0 Å². The number of anilines is 2. The standard InChI is InChI=1S/C24H30N2O3/c1-4-16-5-7-18(26-9-11-29-12-10-26)14-19(16)22-15-24(2,3)20-13-17(23(27)28)6-8-21(20)25-22/h5-8,13-14,22,25H,4,9-12,15H2,1-3H3,(H,27,28). The molecule has 1 unspecified atom stereocenters. The maximum Gasteiger partial charge on any atom is 0.335 e. The van der Waals surface area contributed by atoms with Gasteiger partial charge in [0.2, 0.25) is 0 Å². The zero-order valence-electron chi connectivity index (χ0n) is 17.5. The Bertz CT molecular complexity index is 916. The number of ether oxygens (including phenoxy) is 1. The largest absolute Gasteiger partial charge is 0.478 e. The molecule has 5 heteroatoms. The van der Waals surface area contributed by atoms with Crippen molar-refractivity contribution in [3.63, 3.8) is 0 Å². The normalized spacial score (nSPS) is 20.7. The number of carbonyl (C=O) groups is 1. The van der Waals surface area contributed by atoms with Gasteiger partial charge in [-0.25, -0.2) is 4.79 Å². The zero-order chi connectivity index (χ0) is 20.6. The van der Waals surface area contributed by atoms with E-state index in [-0.39, 0.29) is 11.5 Å². The highest BCUT2D eigenvalue weighted by atomic mass is 16.5. The van der Waals surface area contributed by atoms with Crippen LogP contribution in [-0.2, 0) is 16.6 Å². The van der Waals surface area contributed by atoms with Gasteiger partial charge in [-0.2, -0.15) is 0 Å². The first-order valence-corrected chi connectivity index (χ1v) is 10.5. The maximum atomic E-state index is 11.4. The minimum Gasteiger partial charge on any atom is -0.478 e. The van der Waals surface area contributed by atoms with Gasteiger partial charge in [0.1, 0.15) is 0 Å². The third kappa shape index (κ3) is 3.84. The molecule has 0 spiro atoms. The molecule has 0 saturated carbocycles. The van der Waals surface area contributed by atoms with Crippen LogP contribution in [0.15, 0.2) is 36.4 Å². The first-order valence-electron chi connectivity index (χ1n) is 10.5. The molecule has 0 aromatic heterocycles. The molecule has 1 atom stereocenters. The van der Waals surface area contributed by atoms with Crippen molar-refractivity contribution in [2.24, 2.45) is 0 Å². The molecule has 2 heterocycles. The van der Waals surface area contributed by atoms with Crippen molar-refractivity contribution in [2.75, 3.05) is 36.5 Å². The Kier molecular flexibility index (Phi) is 5.26. The summed E-state index contributed by atoms with van der Waals surface area (Å²) in [6.07, 6.45) is 1.91. The average molecular weight is 395 g/mol. The Morgan fingerprint density at radius 3 is 2.66 bits per heavy atom. The van der Waals surface area contributed by atoms with Crippen molar-refractivity contribution < 1.29 is 14.6 Å². The van der Waals surface area contributed by atoms with Gasteiger partial charge in [0.15, 0.2) is 0 Å². The summed E-state index contributed by atoms with van der Waals surface area (Å²) in [7, 11) is 0. The van der Waals surface area contributed by atoms with E-state index < -0.39 is 5.97 Å². The highest BCUT2D eigenvalue weighted by Crippen LogP contribution is 2.45. The van der Waals surface area contributed by atoms with Gasteiger partial charge >= 0.3 is 5.97 Å². The predicted octanol–water partition coefficient (Wildman–Crippen LogP) is 4.62. The third-order valence-electron chi connectivity index (χ3n) is 6.30. The van der Waals surface area contributed by atoms with E-state index >= 15 is 0 Å². The Balaban J connectivity index is 1.70. The monoisotopic (exact) mass is 394 g/mol. The fraction of sp³-hybridized carbons (Fsp3) is 0.458. The lowest BCUT2D eigenvalue weighted by atomic mass is 9.73. The van der Waals surface area contributed by atoms with Gasteiger partial charge in [-0.05, 0) is 65.3 Å². The summed E-state index contributed by atoms with van der Waals surface area (Å²) < 4.78 is 5.51. The topological polar surface area (TPSA) is 61.8 Å². The number of aromatic carboxylic acids is 1. The molecular formula is C24H30N2O3. The molecule has 0 amide bonds. The van der Waals surface area contributed by atoms with Gasteiger partial charge in [-0.1, -0.05) is 26.8 Å².